The summed E-state index contributed by atoms with van der Waals surface area (Å²) < 4.78 is 57.3. The van der Waals surface area contributed by atoms with Crippen LogP contribution >= 0.6 is 23.5 Å². The van der Waals surface area contributed by atoms with E-state index in [9.17, 15) is 38.1 Å². The maximum atomic E-state index is 12.3. The fraction of sp³-hybridized carbons (Fsp3) is 0.500. The number of nitrogens with one attached hydrogen (secondary N) is 1. The zero-order valence-electron chi connectivity index (χ0n) is 19.0. The number of rotatable bonds is 11. The quantitative estimate of drug-likeness (QED) is 0.0738. The fourth-order valence-corrected chi connectivity index (χ4v) is 6.14. The molecule has 3 heterocycles. The minimum atomic E-state index is -6.20. The number of anilines is 1. The Bertz CT molecular complexity index is 1540. The summed E-state index contributed by atoms with van der Waals surface area (Å²) in [5.74, 6) is 4.83. The number of aromatic nitrogens is 4. The van der Waals surface area contributed by atoms with Crippen LogP contribution in [0.1, 0.15) is 18.5 Å². The van der Waals surface area contributed by atoms with Gasteiger partial charge in [0.2, 0.25) is 5.95 Å². The minimum absolute atomic E-state index is 0.0543. The van der Waals surface area contributed by atoms with Gasteiger partial charge in [-0.15, -0.1) is 0 Å². The highest BCUT2D eigenvalue weighted by atomic mass is 31.3. The van der Waals surface area contributed by atoms with Crippen LogP contribution in [-0.4, -0.2) is 51.6 Å². The number of hydrogen-bond acceptors (Lipinski definition) is 18. The summed E-state index contributed by atoms with van der Waals surface area (Å²) in [7, 11) is -18.2. The Morgan fingerprint density at radius 1 is 1.23 bits per heavy atom. The van der Waals surface area contributed by atoms with Crippen molar-refractivity contribution in [3.05, 3.63) is 26.6 Å². The van der Waals surface area contributed by atoms with Crippen LogP contribution < -0.4 is 36.6 Å². The molecule has 0 saturated carbocycles. The number of nitrogens with two attached hydrogens (primary N) is 2. The van der Waals surface area contributed by atoms with E-state index < -0.39 is 60.8 Å². The number of ether oxygens (including phenoxy) is 2. The van der Waals surface area contributed by atoms with Crippen LogP contribution in [0.15, 0.2) is 9.91 Å². The van der Waals surface area contributed by atoms with Gasteiger partial charge in [0.1, 0.15) is 19.1 Å². The molecule has 1 fully saturated rings. The van der Waals surface area contributed by atoms with Crippen LogP contribution in [0.3, 0.4) is 0 Å². The molecule has 0 spiro atoms. The molecule has 0 bridgehead atoms. The number of nitrogen functional groups attached to an aromatic ring is 1. The van der Waals surface area contributed by atoms with Crippen molar-refractivity contribution in [2.45, 2.75) is 24.9 Å². The molecule has 22 nitrogen and oxygen atoms in total. The van der Waals surface area contributed by atoms with Gasteiger partial charge < -0.3 is 49.6 Å². The highest BCUT2D eigenvalue weighted by Crippen LogP contribution is 2.60. The van der Waals surface area contributed by atoms with E-state index in [1.165, 1.54) is 4.57 Å². The predicted molar refractivity (Wildman–Crippen MR) is 117 cm³/mol. The highest BCUT2D eigenvalue weighted by Gasteiger charge is 2.40. The van der Waals surface area contributed by atoms with Crippen LogP contribution in [-0.2, 0) is 36.3 Å². The van der Waals surface area contributed by atoms with Gasteiger partial charge in [-0.05, 0) is 11.5 Å². The molecule has 1 aliphatic heterocycles. The molecule has 0 amide bonds. The zero-order valence-corrected chi connectivity index (χ0v) is 21.7. The number of nitrogens with zero attached hydrogens (tertiary/aromatic N) is 6. The van der Waals surface area contributed by atoms with Crippen LogP contribution in [0.4, 0.5) is 5.95 Å². The van der Waals surface area contributed by atoms with Gasteiger partial charge in [0.25, 0.3) is 21.2 Å². The molecule has 25 heteroatoms. The third-order valence-electron chi connectivity index (χ3n) is 4.55. The lowest BCUT2D eigenvalue weighted by Gasteiger charge is -2.37. The van der Waals surface area contributed by atoms with E-state index in [4.69, 9.17) is 26.5 Å². The third kappa shape index (κ3) is 8.40. The normalized spacial score (nSPS) is 22.4. The van der Waals surface area contributed by atoms with E-state index in [1.807, 2.05) is 0 Å². The van der Waals surface area contributed by atoms with E-state index in [1.54, 1.807) is 0 Å². The van der Waals surface area contributed by atoms with Crippen LogP contribution in [0, 0.1) is 11.8 Å². The van der Waals surface area contributed by atoms with Gasteiger partial charge in [-0.2, -0.15) is 4.98 Å². The van der Waals surface area contributed by atoms with Crippen molar-refractivity contribution in [1.82, 2.24) is 19.5 Å². The summed E-state index contributed by atoms with van der Waals surface area (Å²) in [5.41, 5.74) is 18.6. The summed E-state index contributed by atoms with van der Waals surface area (Å²) in [6.45, 7) is -1.65. The molecule has 0 radical (unpaired) electrons. The van der Waals surface area contributed by atoms with Gasteiger partial charge in [-0.1, -0.05) is 11.0 Å². The standard InChI is InChI=1S/C14H20N9O13P3/c15-3-1-2-9-19-11-12(20-14(16)21-13(11)24)23(9)10-4-7(32-6-18-22-17)8(34-10)5-33-38(28,29)36-39(30,31)35-37(25,26)27/h7-8,10H,3-6,15H2,(H,28,29)(H,30,31)(H2,25,26,27)(H3,16,20,21,24)/p-4/t7-,8-,10-/m0/s1. The molecule has 0 aromatic carbocycles. The number of hydrogen-bond donors (Lipinski definition) is 3. The van der Waals surface area contributed by atoms with Gasteiger partial charge in [0, 0.05) is 11.3 Å². The Kier molecular flexibility index (Phi) is 9.67. The largest absolute Gasteiger partial charge is 0.790 e. The molecule has 0 aliphatic carbocycles. The minimum Gasteiger partial charge on any atom is -0.790 e. The summed E-state index contributed by atoms with van der Waals surface area (Å²) in [6, 6.07) is 0. The number of azide groups is 1. The van der Waals surface area contributed by atoms with Gasteiger partial charge >= 0.3 is 0 Å². The molecule has 1 aliphatic rings. The summed E-state index contributed by atoms with van der Waals surface area (Å²) in [5, 5.41) is 3.19. The summed E-state index contributed by atoms with van der Waals surface area (Å²) in [4.78, 5) is 69.5. The second-order valence-corrected chi connectivity index (χ2v) is 11.4. The second-order valence-electron chi connectivity index (χ2n) is 7.17. The number of H-pyrrole nitrogens is 1. The number of aromatic amines is 1. The van der Waals surface area contributed by atoms with Gasteiger partial charge in [0.15, 0.2) is 17.0 Å². The van der Waals surface area contributed by atoms with E-state index in [0.29, 0.717) is 0 Å². The van der Waals surface area contributed by atoms with Crippen molar-refractivity contribution >= 4 is 40.6 Å². The highest BCUT2D eigenvalue weighted by molar-refractivity contribution is 7.64. The third-order valence-corrected chi connectivity index (χ3v) is 8.21. The first-order chi connectivity index (χ1) is 18.1. The van der Waals surface area contributed by atoms with Crippen LogP contribution in [0.25, 0.3) is 21.6 Å². The fourth-order valence-electron chi connectivity index (χ4n) is 3.28. The average Bonchev–Trinajstić information content (AvgIpc) is 3.35. The maximum Gasteiger partial charge on any atom is 0.280 e. The van der Waals surface area contributed by atoms with Gasteiger partial charge in [-0.25, -0.2) is 9.29 Å². The molecule has 214 valence electrons. The molecule has 3 rings (SSSR count). The monoisotopic (exact) mass is 611 g/mol. The smallest absolute Gasteiger partial charge is 0.280 e. The first-order valence-corrected chi connectivity index (χ1v) is 14.5. The number of fused-ring (bicyclic) bond motifs is 1. The predicted octanol–water partition coefficient (Wildman–Crippen LogP) is -3.23. The molecular weight excluding hydrogens is 595 g/mol. The number of phosphoric ester groups is 1. The van der Waals surface area contributed by atoms with Crippen LogP contribution in [0.5, 0.6) is 0 Å². The van der Waals surface area contributed by atoms with E-state index >= 15 is 0 Å². The molecule has 39 heavy (non-hydrogen) atoms. The van der Waals surface area contributed by atoms with Crippen molar-refractivity contribution < 1.29 is 55.9 Å². The van der Waals surface area contributed by atoms with Gasteiger partial charge in [-0.3, -0.25) is 27.8 Å². The molecule has 5 N–H and O–H groups in total. The Morgan fingerprint density at radius 2 is 1.95 bits per heavy atom. The van der Waals surface area contributed by atoms with Crippen LogP contribution in [0.2, 0.25) is 0 Å². The zero-order chi connectivity index (χ0) is 29.0. The summed E-state index contributed by atoms with van der Waals surface area (Å²) in [6.07, 6.45) is -3.75. The van der Waals surface area contributed by atoms with Crippen molar-refractivity contribution in [3.63, 3.8) is 0 Å². The summed E-state index contributed by atoms with van der Waals surface area (Å²) >= 11 is 0. The first kappa shape index (κ1) is 30.8. The lowest BCUT2D eigenvalue weighted by Crippen LogP contribution is -2.30. The first-order valence-electron chi connectivity index (χ1n) is 10.1. The van der Waals surface area contributed by atoms with Crippen molar-refractivity contribution in [2.75, 3.05) is 25.6 Å². The van der Waals surface area contributed by atoms with Crippen molar-refractivity contribution in [2.24, 2.45) is 10.8 Å². The molecule has 2 aromatic heterocycles. The molecular formula is C14H16N9O13P3-4. The SMILES string of the molecule is [N-]=[N+]=NCO[C@H]1C[C@@H](n2c(C#CCN)nc3c(=O)[nH]c(N)nc32)O[C@H]1COP(=O)([O-])OP(=O)([O-])OP(=O)([O-])[O-]. The topological polar surface area (TPSA) is 354 Å². The molecule has 5 atom stereocenters. The molecule has 2 aromatic rings. The average molecular weight is 611 g/mol. The lowest BCUT2D eigenvalue weighted by atomic mass is 10.2. The van der Waals surface area contributed by atoms with Gasteiger partial charge in [0.05, 0.1) is 27.1 Å². The van der Waals surface area contributed by atoms with E-state index in [-0.39, 0.29) is 35.9 Å². The van der Waals surface area contributed by atoms with Crippen molar-refractivity contribution in [1.29, 1.82) is 0 Å². The Hall–Kier alpha value is -2.69. The maximum absolute atomic E-state index is 12.3. The molecule has 2 unspecified atom stereocenters. The Balaban J connectivity index is 1.90. The second kappa shape index (κ2) is 12.2. The van der Waals surface area contributed by atoms with E-state index in [0.717, 1.165) is 0 Å². The number of phosphoric acid groups is 3. The Labute approximate surface area is 216 Å². The van der Waals surface area contributed by atoms with E-state index in [2.05, 4.69) is 50.0 Å². The molecule has 1 saturated heterocycles. The lowest BCUT2D eigenvalue weighted by molar-refractivity contribution is -0.339. The number of imidazole rings is 1. The van der Waals surface area contributed by atoms with Crippen molar-refractivity contribution in [3.8, 4) is 11.8 Å². The Morgan fingerprint density at radius 3 is 2.59 bits per heavy atom.